The first-order chi connectivity index (χ1) is 12.0. The van der Waals surface area contributed by atoms with Gasteiger partial charge in [0.05, 0.1) is 0 Å². The number of carbonyl (C=O) groups excluding carboxylic acids is 1. The lowest BCUT2D eigenvalue weighted by Gasteiger charge is -2.33. The molecule has 1 aromatic heterocycles. The Balaban J connectivity index is 1.59. The van der Waals surface area contributed by atoms with E-state index in [4.69, 9.17) is 4.52 Å². The molecule has 1 saturated heterocycles. The minimum Gasteiger partial charge on any atom is -0.337 e. The van der Waals surface area contributed by atoms with Crippen molar-refractivity contribution in [3.8, 4) is 11.4 Å². The number of nitrogens with zero attached hydrogens (tertiary/aromatic N) is 3. The number of halogens is 2. The van der Waals surface area contributed by atoms with Crippen molar-refractivity contribution in [2.24, 2.45) is 11.8 Å². The molecule has 3 atom stereocenters. The Morgan fingerprint density at radius 3 is 2.80 bits per heavy atom. The van der Waals surface area contributed by atoms with Crippen LogP contribution in [-0.2, 0) is 4.79 Å². The summed E-state index contributed by atoms with van der Waals surface area (Å²) < 4.78 is 31.9. The van der Waals surface area contributed by atoms with Crippen molar-refractivity contribution in [2.45, 2.75) is 38.6 Å². The minimum atomic E-state index is -0.957. The van der Waals surface area contributed by atoms with Gasteiger partial charge in [0.1, 0.15) is 6.04 Å². The van der Waals surface area contributed by atoms with Crippen molar-refractivity contribution in [1.29, 1.82) is 0 Å². The molecule has 1 amide bonds. The van der Waals surface area contributed by atoms with Gasteiger partial charge in [-0.15, -0.1) is 0 Å². The number of piperidine rings is 1. The molecule has 0 unspecified atom stereocenters. The van der Waals surface area contributed by atoms with Crippen LogP contribution in [0, 0.1) is 23.5 Å². The van der Waals surface area contributed by atoms with Crippen LogP contribution >= 0.6 is 0 Å². The number of hydrogen-bond donors (Lipinski definition) is 0. The number of carbonyl (C=O) groups is 1. The molecule has 1 aliphatic heterocycles. The van der Waals surface area contributed by atoms with Gasteiger partial charge >= 0.3 is 0 Å². The van der Waals surface area contributed by atoms with E-state index in [2.05, 4.69) is 17.1 Å². The normalized spacial score (nSPS) is 25.9. The highest BCUT2D eigenvalue weighted by molar-refractivity contribution is 5.82. The Morgan fingerprint density at radius 2 is 2.08 bits per heavy atom. The molecule has 1 saturated carbocycles. The zero-order valence-corrected chi connectivity index (χ0v) is 13.9. The first kappa shape index (κ1) is 16.2. The summed E-state index contributed by atoms with van der Waals surface area (Å²) in [5, 5.41) is 3.89. The molecular formula is C18H19F2N3O2. The van der Waals surface area contributed by atoms with Gasteiger partial charge in [-0.2, -0.15) is 4.98 Å². The first-order valence-electron chi connectivity index (χ1n) is 8.64. The molecule has 2 heterocycles. The van der Waals surface area contributed by atoms with Crippen LogP contribution in [0.5, 0.6) is 0 Å². The van der Waals surface area contributed by atoms with Crippen LogP contribution in [-0.4, -0.2) is 27.5 Å². The summed E-state index contributed by atoms with van der Waals surface area (Å²) >= 11 is 0. The van der Waals surface area contributed by atoms with Crippen molar-refractivity contribution in [3.63, 3.8) is 0 Å². The summed E-state index contributed by atoms with van der Waals surface area (Å²) in [4.78, 5) is 18.9. The molecule has 7 heteroatoms. The number of hydrogen-bond acceptors (Lipinski definition) is 4. The predicted octanol–water partition coefficient (Wildman–Crippen LogP) is 3.72. The van der Waals surface area contributed by atoms with Gasteiger partial charge in [0.15, 0.2) is 11.6 Å². The van der Waals surface area contributed by atoms with Crippen LogP contribution in [0.25, 0.3) is 11.4 Å². The molecule has 0 N–H and O–H groups in total. The molecule has 2 aromatic rings. The average Bonchev–Trinajstić information content (AvgIpc) is 3.15. The summed E-state index contributed by atoms with van der Waals surface area (Å²) in [5.41, 5.74) is 0.346. The Labute approximate surface area is 144 Å². The van der Waals surface area contributed by atoms with E-state index >= 15 is 0 Å². The van der Waals surface area contributed by atoms with E-state index < -0.39 is 11.6 Å². The zero-order valence-electron chi connectivity index (χ0n) is 13.9. The van der Waals surface area contributed by atoms with Gasteiger partial charge in [-0.25, -0.2) is 8.78 Å². The summed E-state index contributed by atoms with van der Waals surface area (Å²) in [6.07, 6.45) is 3.66. The van der Waals surface area contributed by atoms with E-state index in [1.165, 1.54) is 6.07 Å². The molecule has 0 spiro atoms. The largest absolute Gasteiger partial charge is 0.337 e. The Kier molecular flexibility index (Phi) is 4.01. The lowest BCUT2D eigenvalue weighted by molar-refractivity contribution is -0.137. The molecule has 25 heavy (non-hydrogen) atoms. The minimum absolute atomic E-state index is 0.106. The van der Waals surface area contributed by atoms with Gasteiger partial charge in [-0.3, -0.25) is 4.79 Å². The van der Waals surface area contributed by atoms with Crippen molar-refractivity contribution < 1.29 is 18.1 Å². The standard InChI is InChI=1S/C18H19F2N3O2/c1-10-8-12(10)18(24)23-7-3-2-4-15(23)17-21-16(22-25-17)11-5-6-13(19)14(20)9-11/h5-6,9-10,12,15H,2-4,7-8H2,1H3/t10-,12+,15-/m1/s1. The number of benzene rings is 1. The van der Waals surface area contributed by atoms with Crippen molar-refractivity contribution in [1.82, 2.24) is 15.0 Å². The highest BCUT2D eigenvalue weighted by atomic mass is 19.2. The monoisotopic (exact) mass is 347 g/mol. The summed E-state index contributed by atoms with van der Waals surface area (Å²) in [6.45, 7) is 2.77. The lowest BCUT2D eigenvalue weighted by atomic mass is 10.0. The molecule has 2 aliphatic rings. The van der Waals surface area contributed by atoms with Gasteiger partial charge in [0, 0.05) is 18.0 Å². The van der Waals surface area contributed by atoms with E-state index in [9.17, 15) is 13.6 Å². The second-order valence-electron chi connectivity index (χ2n) is 6.95. The SMILES string of the molecule is C[C@@H]1C[C@@H]1C(=O)N1CCCC[C@@H]1c1nc(-c2ccc(F)c(F)c2)no1. The average molecular weight is 347 g/mol. The molecule has 0 bridgehead atoms. The van der Waals surface area contributed by atoms with E-state index in [1.807, 2.05) is 4.90 Å². The van der Waals surface area contributed by atoms with Gasteiger partial charge < -0.3 is 9.42 Å². The highest BCUT2D eigenvalue weighted by Gasteiger charge is 2.44. The Morgan fingerprint density at radius 1 is 1.28 bits per heavy atom. The van der Waals surface area contributed by atoms with Gasteiger partial charge in [0.25, 0.3) is 0 Å². The predicted molar refractivity (Wildman–Crippen MR) is 85.2 cm³/mol. The van der Waals surface area contributed by atoms with E-state index in [1.54, 1.807) is 0 Å². The van der Waals surface area contributed by atoms with Crippen LogP contribution in [0.3, 0.4) is 0 Å². The number of likely N-dealkylation sites (tertiary alicyclic amines) is 1. The van der Waals surface area contributed by atoms with Crippen molar-refractivity contribution in [2.75, 3.05) is 6.54 Å². The Bertz CT molecular complexity index is 807. The summed E-state index contributed by atoms with van der Waals surface area (Å²) in [5.74, 6) is -0.613. The highest BCUT2D eigenvalue weighted by Crippen LogP contribution is 2.42. The number of amides is 1. The quantitative estimate of drug-likeness (QED) is 0.849. The van der Waals surface area contributed by atoms with E-state index in [-0.39, 0.29) is 23.7 Å². The summed E-state index contributed by atoms with van der Waals surface area (Å²) in [6, 6.07) is 3.24. The second kappa shape index (κ2) is 6.20. The van der Waals surface area contributed by atoms with Crippen LogP contribution in [0.2, 0.25) is 0 Å². The number of rotatable bonds is 3. The molecule has 132 valence electrons. The number of aromatic nitrogens is 2. The van der Waals surface area contributed by atoms with Crippen LogP contribution in [0.15, 0.2) is 22.7 Å². The summed E-state index contributed by atoms with van der Waals surface area (Å²) in [7, 11) is 0. The van der Waals surface area contributed by atoms with Crippen LogP contribution < -0.4 is 0 Å². The third-order valence-electron chi connectivity index (χ3n) is 5.12. The maximum absolute atomic E-state index is 13.4. The Hall–Kier alpha value is -2.31. The van der Waals surface area contributed by atoms with E-state index in [0.717, 1.165) is 37.8 Å². The van der Waals surface area contributed by atoms with Gasteiger partial charge in [-0.1, -0.05) is 12.1 Å². The molecule has 1 aromatic carbocycles. The fourth-order valence-corrected chi connectivity index (χ4v) is 3.45. The fourth-order valence-electron chi connectivity index (χ4n) is 3.45. The third-order valence-corrected chi connectivity index (χ3v) is 5.12. The molecule has 2 fully saturated rings. The smallest absolute Gasteiger partial charge is 0.249 e. The molecule has 1 aliphatic carbocycles. The topological polar surface area (TPSA) is 59.2 Å². The lowest BCUT2D eigenvalue weighted by Crippen LogP contribution is -2.39. The fraction of sp³-hybridized carbons (Fsp3) is 0.500. The van der Waals surface area contributed by atoms with Crippen molar-refractivity contribution in [3.05, 3.63) is 35.7 Å². The first-order valence-corrected chi connectivity index (χ1v) is 8.64. The molecule has 5 nitrogen and oxygen atoms in total. The maximum Gasteiger partial charge on any atom is 0.249 e. The van der Waals surface area contributed by atoms with Crippen LogP contribution in [0.4, 0.5) is 8.78 Å². The van der Waals surface area contributed by atoms with Gasteiger partial charge in [-0.05, 0) is 49.8 Å². The van der Waals surface area contributed by atoms with Crippen LogP contribution in [0.1, 0.15) is 44.5 Å². The zero-order chi connectivity index (χ0) is 17.6. The van der Waals surface area contributed by atoms with Crippen molar-refractivity contribution >= 4 is 5.91 Å². The van der Waals surface area contributed by atoms with Gasteiger partial charge in [0.2, 0.25) is 17.6 Å². The maximum atomic E-state index is 13.4. The van der Waals surface area contributed by atoms with E-state index in [0.29, 0.717) is 23.9 Å². The second-order valence-corrected chi connectivity index (χ2v) is 6.95. The third kappa shape index (κ3) is 3.03. The molecule has 4 rings (SSSR count). The molecular weight excluding hydrogens is 328 g/mol. The molecule has 0 radical (unpaired) electrons.